The molecule has 30 heavy (non-hydrogen) atoms. The lowest BCUT2D eigenvalue weighted by Crippen LogP contribution is -2.37. The molecule has 5 rings (SSSR count). The Hall–Kier alpha value is -1.89. The summed E-state index contributed by atoms with van der Waals surface area (Å²) in [7, 11) is 0. The van der Waals surface area contributed by atoms with E-state index in [4.69, 9.17) is 25.8 Å². The van der Waals surface area contributed by atoms with Crippen molar-refractivity contribution in [1.82, 2.24) is 19.6 Å². The monoisotopic (exact) mass is 428 g/mol. The zero-order valence-electron chi connectivity index (χ0n) is 17.7. The fraction of sp³-hybridized carbons (Fsp3) is 0.565. The average Bonchev–Trinajstić information content (AvgIpc) is 3.42. The topological polar surface area (TPSA) is 56.3 Å². The first-order valence-electron chi connectivity index (χ1n) is 10.9. The van der Waals surface area contributed by atoms with Crippen molar-refractivity contribution in [1.29, 1.82) is 0 Å². The lowest BCUT2D eigenvalue weighted by Gasteiger charge is -2.29. The molecule has 0 bridgehead atoms. The summed E-state index contributed by atoms with van der Waals surface area (Å²) in [5, 5.41) is 6.16. The average molecular weight is 429 g/mol. The number of rotatable bonds is 5. The van der Waals surface area contributed by atoms with E-state index in [1.165, 1.54) is 12.8 Å². The van der Waals surface area contributed by atoms with Crippen LogP contribution in [-0.2, 0) is 17.8 Å². The SMILES string of the molecule is CC1(C)CCCN1Cc1nc(-c2cn(CC3CCOCC3)c3c(Cl)cccc23)no1. The number of nitrogens with zero attached hydrogens (tertiary/aromatic N) is 4. The molecule has 0 unspecified atom stereocenters. The van der Waals surface area contributed by atoms with Gasteiger partial charge in [0.15, 0.2) is 0 Å². The zero-order valence-corrected chi connectivity index (χ0v) is 18.5. The van der Waals surface area contributed by atoms with Crippen molar-refractivity contribution >= 4 is 22.5 Å². The molecule has 2 fully saturated rings. The third kappa shape index (κ3) is 3.77. The number of benzene rings is 1. The Kier molecular flexibility index (Phi) is 5.33. The summed E-state index contributed by atoms with van der Waals surface area (Å²) in [5.41, 5.74) is 2.21. The maximum Gasteiger partial charge on any atom is 0.241 e. The minimum absolute atomic E-state index is 0.182. The standard InChI is InChI=1S/C23H29ClN4O2/c1-23(2)9-4-10-28(23)15-20-25-22(26-30-20)18-14-27(13-16-7-11-29-12-8-16)21-17(18)5-3-6-19(21)24/h3,5-6,14,16H,4,7-13,15H2,1-2H3. The molecule has 6 nitrogen and oxygen atoms in total. The quantitative estimate of drug-likeness (QED) is 0.562. The molecule has 4 heterocycles. The van der Waals surface area contributed by atoms with Crippen LogP contribution < -0.4 is 0 Å². The molecule has 2 aromatic heterocycles. The summed E-state index contributed by atoms with van der Waals surface area (Å²) >= 11 is 6.61. The molecule has 0 radical (unpaired) electrons. The molecule has 160 valence electrons. The van der Waals surface area contributed by atoms with E-state index in [-0.39, 0.29) is 5.54 Å². The Morgan fingerprint density at radius 2 is 2.07 bits per heavy atom. The van der Waals surface area contributed by atoms with Gasteiger partial charge in [-0.05, 0) is 58.1 Å². The van der Waals surface area contributed by atoms with Gasteiger partial charge in [-0.25, -0.2) is 0 Å². The Bertz CT molecular complexity index is 1040. The second-order valence-electron chi connectivity index (χ2n) is 9.24. The van der Waals surface area contributed by atoms with Gasteiger partial charge in [-0.3, -0.25) is 4.90 Å². The molecule has 0 atom stereocenters. The van der Waals surface area contributed by atoms with Crippen molar-refractivity contribution in [3.8, 4) is 11.4 Å². The van der Waals surface area contributed by atoms with Crippen molar-refractivity contribution in [3.05, 3.63) is 35.3 Å². The van der Waals surface area contributed by atoms with Crippen LogP contribution in [0.15, 0.2) is 28.9 Å². The Labute approximate surface area is 182 Å². The lowest BCUT2D eigenvalue weighted by atomic mass is 10.0. The minimum Gasteiger partial charge on any atom is -0.381 e. The van der Waals surface area contributed by atoms with Gasteiger partial charge in [-0.1, -0.05) is 28.9 Å². The highest BCUT2D eigenvalue weighted by Gasteiger charge is 2.33. The molecular formula is C23H29ClN4O2. The number of halogens is 1. The van der Waals surface area contributed by atoms with Crippen LogP contribution in [0.1, 0.15) is 45.4 Å². The van der Waals surface area contributed by atoms with Crippen LogP contribution in [0.5, 0.6) is 0 Å². The number of hydrogen-bond donors (Lipinski definition) is 0. The summed E-state index contributed by atoms with van der Waals surface area (Å²) in [6.07, 6.45) is 6.72. The highest BCUT2D eigenvalue weighted by molar-refractivity contribution is 6.35. The van der Waals surface area contributed by atoms with E-state index in [2.05, 4.69) is 40.7 Å². The number of aromatic nitrogens is 3. The first-order chi connectivity index (χ1) is 14.5. The van der Waals surface area contributed by atoms with Crippen LogP contribution in [0.3, 0.4) is 0 Å². The fourth-order valence-electron chi connectivity index (χ4n) is 4.89. The Morgan fingerprint density at radius 3 is 2.83 bits per heavy atom. The summed E-state index contributed by atoms with van der Waals surface area (Å²) < 4.78 is 13.4. The van der Waals surface area contributed by atoms with Gasteiger partial charge in [0.1, 0.15) is 0 Å². The highest BCUT2D eigenvalue weighted by atomic mass is 35.5. The van der Waals surface area contributed by atoms with Gasteiger partial charge in [0.25, 0.3) is 0 Å². The summed E-state index contributed by atoms with van der Waals surface area (Å²) in [6.45, 7) is 8.94. The minimum atomic E-state index is 0.182. The molecular weight excluding hydrogens is 400 g/mol. The number of fused-ring (bicyclic) bond motifs is 1. The molecule has 0 amide bonds. The van der Waals surface area contributed by atoms with Crippen molar-refractivity contribution < 1.29 is 9.26 Å². The Morgan fingerprint density at radius 1 is 1.23 bits per heavy atom. The fourth-order valence-corrected chi connectivity index (χ4v) is 5.18. The molecule has 0 saturated carbocycles. The molecule has 2 saturated heterocycles. The first kappa shape index (κ1) is 20.0. The van der Waals surface area contributed by atoms with Crippen LogP contribution >= 0.6 is 11.6 Å². The van der Waals surface area contributed by atoms with Crippen molar-refractivity contribution in [3.63, 3.8) is 0 Å². The van der Waals surface area contributed by atoms with E-state index < -0.39 is 0 Å². The van der Waals surface area contributed by atoms with E-state index in [9.17, 15) is 0 Å². The Balaban J connectivity index is 1.46. The molecule has 7 heteroatoms. The summed E-state index contributed by atoms with van der Waals surface area (Å²) in [6, 6.07) is 6.03. The van der Waals surface area contributed by atoms with Gasteiger partial charge in [-0.15, -0.1) is 0 Å². The number of hydrogen-bond acceptors (Lipinski definition) is 5. The van der Waals surface area contributed by atoms with E-state index >= 15 is 0 Å². The molecule has 3 aromatic rings. The van der Waals surface area contributed by atoms with Gasteiger partial charge in [0, 0.05) is 42.4 Å². The second kappa shape index (κ2) is 7.98. The lowest BCUT2D eigenvalue weighted by molar-refractivity contribution is 0.0616. The van der Waals surface area contributed by atoms with Crippen LogP contribution in [0, 0.1) is 5.92 Å². The van der Waals surface area contributed by atoms with E-state index in [0.717, 1.165) is 60.6 Å². The van der Waals surface area contributed by atoms with Crippen molar-refractivity contribution in [2.24, 2.45) is 5.92 Å². The predicted octanol–water partition coefficient (Wildman–Crippen LogP) is 5.15. The highest BCUT2D eigenvalue weighted by Crippen LogP contribution is 2.35. The number of ether oxygens (including phenoxy) is 1. The first-order valence-corrected chi connectivity index (χ1v) is 11.3. The van der Waals surface area contributed by atoms with E-state index in [1.807, 2.05) is 12.1 Å². The second-order valence-corrected chi connectivity index (χ2v) is 9.64. The summed E-state index contributed by atoms with van der Waals surface area (Å²) in [5.74, 6) is 1.91. The van der Waals surface area contributed by atoms with Crippen molar-refractivity contribution in [2.75, 3.05) is 19.8 Å². The number of likely N-dealkylation sites (tertiary alicyclic amines) is 1. The van der Waals surface area contributed by atoms with Gasteiger partial charge in [0.05, 0.1) is 17.1 Å². The van der Waals surface area contributed by atoms with E-state index in [1.54, 1.807) is 0 Å². The van der Waals surface area contributed by atoms with Crippen LogP contribution in [0.2, 0.25) is 5.02 Å². The van der Waals surface area contributed by atoms with Crippen LogP contribution in [-0.4, -0.2) is 44.9 Å². The van der Waals surface area contributed by atoms with Crippen LogP contribution in [0.4, 0.5) is 0 Å². The van der Waals surface area contributed by atoms with Gasteiger partial charge in [-0.2, -0.15) is 4.98 Å². The predicted molar refractivity (Wildman–Crippen MR) is 118 cm³/mol. The smallest absolute Gasteiger partial charge is 0.241 e. The maximum atomic E-state index is 6.61. The van der Waals surface area contributed by atoms with E-state index in [0.29, 0.717) is 24.2 Å². The molecule has 2 aliphatic rings. The zero-order chi connectivity index (χ0) is 20.7. The summed E-state index contributed by atoms with van der Waals surface area (Å²) in [4.78, 5) is 7.18. The van der Waals surface area contributed by atoms with Gasteiger partial charge >= 0.3 is 0 Å². The number of para-hydroxylation sites is 1. The molecule has 0 spiro atoms. The van der Waals surface area contributed by atoms with Gasteiger partial charge < -0.3 is 13.8 Å². The van der Waals surface area contributed by atoms with Crippen LogP contribution in [0.25, 0.3) is 22.3 Å². The molecule has 1 aromatic carbocycles. The largest absolute Gasteiger partial charge is 0.381 e. The molecule has 0 aliphatic carbocycles. The third-order valence-corrected chi connectivity index (χ3v) is 7.06. The normalized spacial score (nSPS) is 20.4. The third-order valence-electron chi connectivity index (χ3n) is 6.75. The molecule has 2 aliphatic heterocycles. The maximum absolute atomic E-state index is 6.61. The van der Waals surface area contributed by atoms with Crippen molar-refractivity contribution in [2.45, 2.75) is 58.2 Å². The molecule has 0 N–H and O–H groups in total. The van der Waals surface area contributed by atoms with Gasteiger partial charge in [0.2, 0.25) is 11.7 Å².